The van der Waals surface area contributed by atoms with Gasteiger partial charge < -0.3 is 14.9 Å². The minimum atomic E-state index is -3.74. The van der Waals surface area contributed by atoms with Crippen molar-refractivity contribution in [1.82, 2.24) is 14.3 Å². The SMILES string of the molecule is N#Cc1c(F)cccc1N1CCN(S(=O)(=O)c2ccc3[nH]c(=O)[nH]c3c2)CC1. The standard InChI is InChI=1S/C18H16FN5O3S/c19-14-2-1-3-17(13(14)11-20)23-6-8-24(9-7-23)28(26,27)12-4-5-15-16(10-12)22-18(25)21-15/h1-5,10H,6-9H2,(H2,21,22,25). The maximum Gasteiger partial charge on any atom is 0.323 e. The monoisotopic (exact) mass is 401 g/mol. The van der Waals surface area contributed by atoms with Gasteiger partial charge in [0.2, 0.25) is 10.0 Å². The maximum absolute atomic E-state index is 13.8. The Morgan fingerprint density at radius 2 is 1.75 bits per heavy atom. The average Bonchev–Trinajstić information content (AvgIpc) is 3.07. The number of hydrogen-bond donors (Lipinski definition) is 2. The van der Waals surface area contributed by atoms with E-state index in [1.807, 2.05) is 6.07 Å². The quantitative estimate of drug-likeness (QED) is 0.688. The highest BCUT2D eigenvalue weighted by atomic mass is 32.2. The van der Waals surface area contributed by atoms with Gasteiger partial charge in [0.15, 0.2) is 0 Å². The summed E-state index contributed by atoms with van der Waals surface area (Å²) >= 11 is 0. The second-order valence-corrected chi connectivity index (χ2v) is 8.36. The Labute approximate surface area is 159 Å². The molecule has 2 N–H and O–H groups in total. The van der Waals surface area contributed by atoms with Gasteiger partial charge in [0, 0.05) is 26.2 Å². The number of piperazine rings is 1. The van der Waals surface area contributed by atoms with Crippen LogP contribution < -0.4 is 10.6 Å². The third kappa shape index (κ3) is 3.04. The van der Waals surface area contributed by atoms with Gasteiger partial charge in [-0.1, -0.05) is 6.07 Å². The predicted molar refractivity (Wildman–Crippen MR) is 101 cm³/mol. The summed E-state index contributed by atoms with van der Waals surface area (Å²) in [6, 6.07) is 10.7. The third-order valence-corrected chi connectivity index (χ3v) is 6.70. The van der Waals surface area contributed by atoms with Crippen LogP contribution in [-0.2, 0) is 10.0 Å². The summed E-state index contributed by atoms with van der Waals surface area (Å²) in [4.78, 5) is 18.4. The molecule has 144 valence electrons. The smallest absolute Gasteiger partial charge is 0.323 e. The number of benzene rings is 2. The lowest BCUT2D eigenvalue weighted by Crippen LogP contribution is -2.48. The van der Waals surface area contributed by atoms with E-state index in [4.69, 9.17) is 0 Å². The van der Waals surface area contributed by atoms with Crippen molar-refractivity contribution in [3.63, 3.8) is 0 Å². The van der Waals surface area contributed by atoms with Crippen LogP contribution in [0.2, 0.25) is 0 Å². The number of nitrogens with zero attached hydrogens (tertiary/aromatic N) is 3. The Hall–Kier alpha value is -3.16. The number of aromatic amines is 2. The van der Waals surface area contributed by atoms with E-state index in [9.17, 15) is 22.9 Å². The van der Waals surface area contributed by atoms with E-state index in [1.165, 1.54) is 28.6 Å². The number of halogens is 1. The van der Waals surface area contributed by atoms with E-state index < -0.39 is 21.5 Å². The van der Waals surface area contributed by atoms with Crippen molar-refractivity contribution in [2.45, 2.75) is 4.90 Å². The zero-order valence-corrected chi connectivity index (χ0v) is 15.5. The van der Waals surface area contributed by atoms with Crippen molar-refractivity contribution in [1.29, 1.82) is 5.26 Å². The van der Waals surface area contributed by atoms with Gasteiger partial charge in [-0.2, -0.15) is 9.57 Å². The van der Waals surface area contributed by atoms with Crippen LogP contribution in [0.15, 0.2) is 46.1 Å². The molecule has 0 amide bonds. The Bertz CT molecular complexity index is 1250. The van der Waals surface area contributed by atoms with E-state index >= 15 is 0 Å². The first-order valence-electron chi connectivity index (χ1n) is 8.56. The maximum atomic E-state index is 13.8. The number of imidazole rings is 1. The lowest BCUT2D eigenvalue weighted by Gasteiger charge is -2.35. The number of fused-ring (bicyclic) bond motifs is 1. The van der Waals surface area contributed by atoms with E-state index in [-0.39, 0.29) is 23.5 Å². The molecule has 0 atom stereocenters. The van der Waals surface area contributed by atoms with Crippen molar-refractivity contribution in [2.75, 3.05) is 31.1 Å². The Morgan fingerprint density at radius 1 is 1.04 bits per heavy atom. The van der Waals surface area contributed by atoms with Crippen LogP contribution in [0.3, 0.4) is 0 Å². The highest BCUT2D eigenvalue weighted by Gasteiger charge is 2.29. The van der Waals surface area contributed by atoms with Crippen molar-refractivity contribution < 1.29 is 12.8 Å². The molecule has 2 aromatic carbocycles. The first-order chi connectivity index (χ1) is 13.4. The number of aromatic nitrogens is 2. The largest absolute Gasteiger partial charge is 0.368 e. The fourth-order valence-corrected chi connectivity index (χ4v) is 4.83. The second-order valence-electron chi connectivity index (χ2n) is 6.42. The van der Waals surface area contributed by atoms with Gasteiger partial charge in [-0.15, -0.1) is 0 Å². The van der Waals surface area contributed by atoms with E-state index in [0.717, 1.165) is 0 Å². The number of sulfonamides is 1. The molecule has 10 heteroatoms. The molecule has 1 aliphatic heterocycles. The molecule has 0 aliphatic carbocycles. The summed E-state index contributed by atoms with van der Waals surface area (Å²) in [5.74, 6) is -0.594. The molecule has 28 heavy (non-hydrogen) atoms. The summed E-state index contributed by atoms with van der Waals surface area (Å²) < 4.78 is 41.1. The normalized spacial score (nSPS) is 15.6. The summed E-state index contributed by atoms with van der Waals surface area (Å²) in [6.07, 6.45) is 0. The highest BCUT2D eigenvalue weighted by Crippen LogP contribution is 2.26. The minimum absolute atomic E-state index is 0.0410. The molecule has 0 unspecified atom stereocenters. The topological polar surface area (TPSA) is 113 Å². The molecular formula is C18H16FN5O3S. The van der Waals surface area contributed by atoms with Crippen molar-refractivity contribution >= 4 is 26.7 Å². The van der Waals surface area contributed by atoms with E-state index in [2.05, 4.69) is 9.97 Å². The molecule has 4 rings (SSSR count). The zero-order chi connectivity index (χ0) is 19.9. The lowest BCUT2D eigenvalue weighted by atomic mass is 10.1. The minimum Gasteiger partial charge on any atom is -0.368 e. The Kier molecular flexibility index (Phi) is 4.41. The number of nitrogens with one attached hydrogen (secondary N) is 2. The summed E-state index contributed by atoms with van der Waals surface area (Å²) in [7, 11) is -3.74. The van der Waals surface area contributed by atoms with Crippen LogP contribution in [-0.4, -0.2) is 48.9 Å². The molecule has 0 saturated carbocycles. The third-order valence-electron chi connectivity index (χ3n) is 4.81. The summed E-state index contributed by atoms with van der Waals surface area (Å²) in [6.45, 7) is 1.07. The zero-order valence-electron chi connectivity index (χ0n) is 14.6. The summed E-state index contributed by atoms with van der Waals surface area (Å²) in [5, 5.41) is 9.20. The molecule has 1 aliphatic rings. The first kappa shape index (κ1) is 18.2. The lowest BCUT2D eigenvalue weighted by molar-refractivity contribution is 0.384. The van der Waals surface area contributed by atoms with Gasteiger partial charge in [0.1, 0.15) is 17.4 Å². The van der Waals surface area contributed by atoms with Gasteiger partial charge in [0.25, 0.3) is 0 Å². The van der Waals surface area contributed by atoms with Crippen molar-refractivity contribution in [3.8, 4) is 6.07 Å². The first-order valence-corrected chi connectivity index (χ1v) is 10.00. The number of anilines is 1. The van der Waals surface area contributed by atoms with Gasteiger partial charge in [0.05, 0.1) is 21.6 Å². The number of hydrogen-bond acceptors (Lipinski definition) is 5. The van der Waals surface area contributed by atoms with E-state index in [0.29, 0.717) is 29.8 Å². The van der Waals surface area contributed by atoms with Crippen LogP contribution in [0.4, 0.5) is 10.1 Å². The van der Waals surface area contributed by atoms with Gasteiger partial charge in [-0.25, -0.2) is 17.6 Å². The molecule has 1 saturated heterocycles. The van der Waals surface area contributed by atoms with Crippen molar-refractivity contribution in [2.24, 2.45) is 0 Å². The van der Waals surface area contributed by atoms with E-state index in [1.54, 1.807) is 17.0 Å². The molecule has 0 radical (unpaired) electrons. The number of H-pyrrole nitrogens is 2. The van der Waals surface area contributed by atoms with Crippen LogP contribution in [0.5, 0.6) is 0 Å². The molecule has 1 fully saturated rings. The van der Waals surface area contributed by atoms with Gasteiger partial charge in [-0.3, -0.25) is 0 Å². The van der Waals surface area contributed by atoms with Gasteiger partial charge >= 0.3 is 5.69 Å². The molecule has 0 bridgehead atoms. The van der Waals surface area contributed by atoms with Crippen molar-refractivity contribution in [3.05, 3.63) is 58.3 Å². The molecule has 2 heterocycles. The van der Waals surface area contributed by atoms with Gasteiger partial charge in [-0.05, 0) is 30.3 Å². The molecule has 0 spiro atoms. The second kappa shape index (κ2) is 6.78. The Balaban J connectivity index is 1.56. The molecule has 3 aromatic rings. The molecular weight excluding hydrogens is 385 g/mol. The molecule has 8 nitrogen and oxygen atoms in total. The Morgan fingerprint density at radius 3 is 2.46 bits per heavy atom. The highest BCUT2D eigenvalue weighted by molar-refractivity contribution is 7.89. The number of nitriles is 1. The predicted octanol–water partition coefficient (Wildman–Crippen LogP) is 1.38. The molecule has 1 aromatic heterocycles. The fourth-order valence-electron chi connectivity index (χ4n) is 3.38. The average molecular weight is 401 g/mol. The summed E-state index contributed by atoms with van der Waals surface area (Å²) in [5.41, 5.74) is 0.972. The van der Waals surface area contributed by atoms with Crippen LogP contribution in [0.25, 0.3) is 11.0 Å². The van der Waals surface area contributed by atoms with Crippen LogP contribution in [0, 0.1) is 17.1 Å². The fraction of sp³-hybridized carbons (Fsp3) is 0.222. The number of rotatable bonds is 3. The van der Waals surface area contributed by atoms with Crippen LogP contribution >= 0.6 is 0 Å². The van der Waals surface area contributed by atoms with Crippen LogP contribution in [0.1, 0.15) is 5.56 Å².